The predicted molar refractivity (Wildman–Crippen MR) is 68.5 cm³/mol. The van der Waals surface area contributed by atoms with Gasteiger partial charge in [-0.05, 0) is 56.8 Å². The first-order valence-electron chi connectivity index (χ1n) is 7.04. The monoisotopic (exact) mass is 239 g/mol. The molecule has 0 aliphatic heterocycles. The van der Waals surface area contributed by atoms with E-state index < -0.39 is 0 Å². The highest BCUT2D eigenvalue weighted by molar-refractivity contribution is 5.84. The van der Waals surface area contributed by atoms with Crippen LogP contribution in [0, 0.1) is 11.8 Å². The number of ether oxygens (including phenoxy) is 1. The standard InChI is InChI=1S/C14H25NO2/c1-10-3-6-14(9-11(10)2)17-13-7-4-12(15-16)5-8-13/h10-11,13-14,16H,3-9H2,1-2H3. The lowest BCUT2D eigenvalue weighted by molar-refractivity contribution is -0.0541. The molecule has 2 fully saturated rings. The highest BCUT2D eigenvalue weighted by Gasteiger charge is 2.28. The first-order valence-corrected chi connectivity index (χ1v) is 7.04. The van der Waals surface area contributed by atoms with Crippen LogP contribution in [0.5, 0.6) is 0 Å². The lowest BCUT2D eigenvalue weighted by atomic mass is 9.80. The van der Waals surface area contributed by atoms with Gasteiger partial charge in [0.25, 0.3) is 0 Å². The average molecular weight is 239 g/mol. The largest absolute Gasteiger partial charge is 0.411 e. The molecule has 0 bridgehead atoms. The van der Waals surface area contributed by atoms with Crippen molar-refractivity contribution in [3.8, 4) is 0 Å². The van der Waals surface area contributed by atoms with E-state index in [1.54, 1.807) is 0 Å². The molecule has 2 aliphatic carbocycles. The van der Waals surface area contributed by atoms with Crippen molar-refractivity contribution in [1.29, 1.82) is 0 Å². The van der Waals surface area contributed by atoms with Gasteiger partial charge in [0.05, 0.1) is 17.9 Å². The van der Waals surface area contributed by atoms with Crippen molar-refractivity contribution in [3.63, 3.8) is 0 Å². The molecule has 3 heteroatoms. The van der Waals surface area contributed by atoms with Gasteiger partial charge in [-0.3, -0.25) is 0 Å². The fourth-order valence-corrected chi connectivity index (χ4v) is 3.05. The third-order valence-electron chi connectivity index (χ3n) is 4.59. The molecule has 17 heavy (non-hydrogen) atoms. The van der Waals surface area contributed by atoms with Crippen molar-refractivity contribution >= 4 is 5.71 Å². The minimum atomic E-state index is 0.395. The van der Waals surface area contributed by atoms with Gasteiger partial charge >= 0.3 is 0 Å². The van der Waals surface area contributed by atoms with Crippen LogP contribution in [-0.4, -0.2) is 23.1 Å². The lowest BCUT2D eigenvalue weighted by Gasteiger charge is -2.35. The van der Waals surface area contributed by atoms with Crippen LogP contribution in [0.3, 0.4) is 0 Å². The molecule has 2 saturated carbocycles. The Morgan fingerprint density at radius 2 is 1.71 bits per heavy atom. The van der Waals surface area contributed by atoms with Gasteiger partial charge in [0.15, 0.2) is 0 Å². The van der Waals surface area contributed by atoms with Gasteiger partial charge in [-0.1, -0.05) is 19.0 Å². The van der Waals surface area contributed by atoms with E-state index in [2.05, 4.69) is 19.0 Å². The fourth-order valence-electron chi connectivity index (χ4n) is 3.05. The van der Waals surface area contributed by atoms with Crippen LogP contribution in [-0.2, 0) is 4.74 Å². The SMILES string of the molecule is CC1CCC(OC2CCC(=NO)CC2)CC1C. The lowest BCUT2D eigenvalue weighted by Crippen LogP contribution is -2.32. The third-order valence-corrected chi connectivity index (χ3v) is 4.59. The maximum Gasteiger partial charge on any atom is 0.0586 e. The molecule has 0 aromatic carbocycles. The minimum absolute atomic E-state index is 0.395. The highest BCUT2D eigenvalue weighted by Crippen LogP contribution is 2.33. The Morgan fingerprint density at radius 1 is 1.00 bits per heavy atom. The Hall–Kier alpha value is -0.570. The number of oxime groups is 1. The van der Waals surface area contributed by atoms with Gasteiger partial charge < -0.3 is 9.94 Å². The molecular formula is C14H25NO2. The third kappa shape index (κ3) is 3.44. The van der Waals surface area contributed by atoms with Gasteiger partial charge in [0.1, 0.15) is 0 Å². The van der Waals surface area contributed by atoms with Gasteiger partial charge in [-0.15, -0.1) is 0 Å². The number of rotatable bonds is 2. The summed E-state index contributed by atoms with van der Waals surface area (Å²) in [4.78, 5) is 0. The van der Waals surface area contributed by atoms with E-state index in [0.29, 0.717) is 12.2 Å². The van der Waals surface area contributed by atoms with Crippen LogP contribution in [0.1, 0.15) is 58.8 Å². The summed E-state index contributed by atoms with van der Waals surface area (Å²) in [5.41, 5.74) is 0.940. The second-order valence-corrected chi connectivity index (χ2v) is 5.89. The molecule has 3 atom stereocenters. The molecular weight excluding hydrogens is 214 g/mol. The van der Waals surface area contributed by atoms with Crippen molar-refractivity contribution in [3.05, 3.63) is 0 Å². The molecule has 1 N–H and O–H groups in total. The molecule has 3 nitrogen and oxygen atoms in total. The molecule has 2 aliphatic rings. The summed E-state index contributed by atoms with van der Waals surface area (Å²) in [6.45, 7) is 4.70. The van der Waals surface area contributed by atoms with Crippen LogP contribution in [0.25, 0.3) is 0 Å². The van der Waals surface area contributed by atoms with Gasteiger partial charge in [0.2, 0.25) is 0 Å². The van der Waals surface area contributed by atoms with Crippen molar-refractivity contribution in [2.75, 3.05) is 0 Å². The van der Waals surface area contributed by atoms with E-state index in [1.807, 2.05) is 0 Å². The van der Waals surface area contributed by atoms with E-state index in [0.717, 1.165) is 43.2 Å². The zero-order valence-electron chi connectivity index (χ0n) is 11.1. The maximum atomic E-state index is 8.71. The van der Waals surface area contributed by atoms with E-state index in [-0.39, 0.29) is 0 Å². The van der Waals surface area contributed by atoms with Crippen molar-refractivity contribution in [2.45, 2.75) is 71.0 Å². The van der Waals surface area contributed by atoms with Gasteiger partial charge in [-0.2, -0.15) is 0 Å². The van der Waals surface area contributed by atoms with E-state index in [9.17, 15) is 0 Å². The summed E-state index contributed by atoms with van der Waals surface area (Å²) < 4.78 is 6.21. The van der Waals surface area contributed by atoms with Crippen molar-refractivity contribution in [1.82, 2.24) is 0 Å². The normalized spacial score (nSPS) is 39.1. The summed E-state index contributed by atoms with van der Waals surface area (Å²) in [6, 6.07) is 0. The first-order chi connectivity index (χ1) is 8.19. The highest BCUT2D eigenvalue weighted by atomic mass is 16.5. The summed E-state index contributed by atoms with van der Waals surface area (Å²) in [5.74, 6) is 1.65. The molecule has 3 unspecified atom stereocenters. The van der Waals surface area contributed by atoms with Crippen molar-refractivity contribution in [2.24, 2.45) is 17.0 Å². The van der Waals surface area contributed by atoms with Gasteiger partial charge in [-0.25, -0.2) is 0 Å². The molecule has 0 aromatic rings. The molecule has 0 saturated heterocycles. The first kappa shape index (κ1) is 12.9. The summed E-state index contributed by atoms with van der Waals surface area (Å²) >= 11 is 0. The topological polar surface area (TPSA) is 41.8 Å². The van der Waals surface area contributed by atoms with Crippen LogP contribution in [0.2, 0.25) is 0 Å². The molecule has 0 radical (unpaired) electrons. The van der Waals surface area contributed by atoms with Crippen LogP contribution in [0.15, 0.2) is 5.16 Å². The molecule has 98 valence electrons. The Kier molecular flexibility index (Phi) is 4.43. The fraction of sp³-hybridized carbons (Fsp3) is 0.929. The van der Waals surface area contributed by atoms with Crippen LogP contribution >= 0.6 is 0 Å². The molecule has 2 rings (SSSR count). The van der Waals surface area contributed by atoms with E-state index >= 15 is 0 Å². The quantitative estimate of drug-likeness (QED) is 0.591. The molecule has 0 spiro atoms. The Balaban J connectivity index is 1.75. The smallest absolute Gasteiger partial charge is 0.0586 e. The Morgan fingerprint density at radius 3 is 2.29 bits per heavy atom. The van der Waals surface area contributed by atoms with Gasteiger partial charge in [0, 0.05) is 0 Å². The number of hydrogen-bond donors (Lipinski definition) is 1. The molecule has 0 heterocycles. The summed E-state index contributed by atoms with van der Waals surface area (Å²) in [7, 11) is 0. The van der Waals surface area contributed by atoms with Crippen LogP contribution in [0.4, 0.5) is 0 Å². The zero-order chi connectivity index (χ0) is 12.3. The Bertz CT molecular complexity index is 267. The molecule has 0 aromatic heterocycles. The Labute approximate surface area is 104 Å². The van der Waals surface area contributed by atoms with Crippen LogP contribution < -0.4 is 0 Å². The van der Waals surface area contributed by atoms with Crippen molar-refractivity contribution < 1.29 is 9.94 Å². The number of nitrogens with zero attached hydrogens (tertiary/aromatic N) is 1. The molecule has 0 amide bonds. The average Bonchev–Trinajstić information content (AvgIpc) is 2.35. The second-order valence-electron chi connectivity index (χ2n) is 5.89. The second kappa shape index (κ2) is 5.85. The van der Waals surface area contributed by atoms with E-state index in [1.165, 1.54) is 19.3 Å². The predicted octanol–water partition coefficient (Wildman–Crippen LogP) is 3.60. The van der Waals surface area contributed by atoms with E-state index in [4.69, 9.17) is 9.94 Å². The zero-order valence-corrected chi connectivity index (χ0v) is 11.1. The maximum absolute atomic E-state index is 8.71. The number of hydrogen-bond acceptors (Lipinski definition) is 3. The summed E-state index contributed by atoms with van der Waals surface area (Å²) in [5, 5.41) is 12.0. The minimum Gasteiger partial charge on any atom is -0.411 e. The summed E-state index contributed by atoms with van der Waals surface area (Å²) in [6.07, 6.45) is 8.48.